The van der Waals surface area contributed by atoms with Crippen molar-refractivity contribution in [1.82, 2.24) is 9.55 Å². The van der Waals surface area contributed by atoms with Gasteiger partial charge in [0.2, 0.25) is 0 Å². The van der Waals surface area contributed by atoms with E-state index < -0.39 is 0 Å². The summed E-state index contributed by atoms with van der Waals surface area (Å²) in [6, 6.07) is 25.8. The van der Waals surface area contributed by atoms with Crippen molar-refractivity contribution in [3.63, 3.8) is 0 Å². The second-order valence-electron chi connectivity index (χ2n) is 7.92. The normalized spacial score (nSPS) is 13.1. The maximum atomic E-state index is 13.4. The Morgan fingerprint density at radius 3 is 2.30 bits per heavy atom. The van der Waals surface area contributed by atoms with Gasteiger partial charge >= 0.3 is 0 Å². The first kappa shape index (κ1) is 18.6. The van der Waals surface area contributed by atoms with E-state index in [-0.39, 0.29) is 5.78 Å². The molecule has 2 aromatic heterocycles. The van der Waals surface area contributed by atoms with Crippen LogP contribution in [0.2, 0.25) is 0 Å². The number of hydrogen-bond acceptors (Lipinski definition) is 2. The number of carbonyl (C=O) groups excluding carboxylic acids is 1. The third-order valence-electron chi connectivity index (χ3n) is 6.05. The lowest BCUT2D eigenvalue weighted by atomic mass is 9.97. The summed E-state index contributed by atoms with van der Waals surface area (Å²) in [5.41, 5.74) is 7.84. The van der Waals surface area contributed by atoms with Crippen LogP contribution in [0.1, 0.15) is 40.0 Å². The van der Waals surface area contributed by atoms with Crippen LogP contribution >= 0.6 is 0 Å². The van der Waals surface area contributed by atoms with Crippen LogP contribution in [-0.4, -0.2) is 15.3 Å². The molecule has 2 heterocycles. The lowest BCUT2D eigenvalue weighted by molar-refractivity contribution is 0.103. The van der Waals surface area contributed by atoms with Gasteiger partial charge in [-0.2, -0.15) is 0 Å². The number of ketones is 1. The molecule has 0 radical (unpaired) electrons. The number of nitrogens with zero attached hydrogens (tertiary/aromatic N) is 2. The Balaban J connectivity index is 1.70. The first-order valence-corrected chi connectivity index (χ1v) is 10.6. The third kappa shape index (κ3) is 3.26. The number of hydrogen-bond donors (Lipinski definition) is 0. The molecule has 1 aliphatic rings. The van der Waals surface area contributed by atoms with Gasteiger partial charge in [-0.05, 0) is 49.4 Å². The number of pyridine rings is 1. The van der Waals surface area contributed by atoms with E-state index in [2.05, 4.69) is 29.8 Å². The Morgan fingerprint density at radius 1 is 0.867 bits per heavy atom. The Hall–Kier alpha value is -3.46. The SMILES string of the molecule is Cn1c(-c2nc(-c3ccccc3)ccc2C(=O)c2ccccc2)cc2c1CCCC2. The van der Waals surface area contributed by atoms with Crippen molar-refractivity contribution in [1.29, 1.82) is 0 Å². The van der Waals surface area contributed by atoms with E-state index >= 15 is 0 Å². The van der Waals surface area contributed by atoms with Gasteiger partial charge in [0.25, 0.3) is 0 Å². The molecule has 0 fully saturated rings. The Morgan fingerprint density at radius 2 is 1.57 bits per heavy atom. The zero-order chi connectivity index (χ0) is 20.5. The number of aryl methyl sites for hydroxylation is 1. The highest BCUT2D eigenvalue weighted by molar-refractivity contribution is 6.12. The van der Waals surface area contributed by atoms with Crippen molar-refractivity contribution in [2.45, 2.75) is 25.7 Å². The second-order valence-corrected chi connectivity index (χ2v) is 7.92. The molecule has 0 saturated carbocycles. The van der Waals surface area contributed by atoms with Gasteiger partial charge in [0.1, 0.15) is 0 Å². The molecule has 3 nitrogen and oxygen atoms in total. The first-order valence-electron chi connectivity index (χ1n) is 10.6. The first-order chi connectivity index (χ1) is 14.7. The second kappa shape index (κ2) is 7.75. The molecule has 0 bridgehead atoms. The summed E-state index contributed by atoms with van der Waals surface area (Å²) < 4.78 is 2.24. The predicted octanol–water partition coefficient (Wildman–Crippen LogP) is 5.86. The predicted molar refractivity (Wildman–Crippen MR) is 121 cm³/mol. The standard InChI is InChI=1S/C27H24N2O/c1-29-24-15-9-8-14-21(24)18-25(29)26-22(27(30)20-12-6-3-7-13-20)16-17-23(28-26)19-10-4-2-5-11-19/h2-7,10-13,16-18H,8-9,14-15H2,1H3. The quantitative estimate of drug-likeness (QED) is 0.408. The van der Waals surface area contributed by atoms with Gasteiger partial charge in [0, 0.05) is 23.9 Å². The minimum atomic E-state index is 0.0110. The fourth-order valence-corrected chi connectivity index (χ4v) is 4.44. The highest BCUT2D eigenvalue weighted by atomic mass is 16.1. The molecule has 5 rings (SSSR count). The van der Waals surface area contributed by atoms with E-state index in [4.69, 9.17) is 4.98 Å². The molecule has 0 amide bonds. The molecule has 0 saturated heterocycles. The van der Waals surface area contributed by atoms with Gasteiger partial charge in [0.15, 0.2) is 5.78 Å². The smallest absolute Gasteiger partial charge is 0.195 e. The van der Waals surface area contributed by atoms with Crippen molar-refractivity contribution >= 4 is 5.78 Å². The van der Waals surface area contributed by atoms with Crippen LogP contribution in [0.5, 0.6) is 0 Å². The summed E-state index contributed by atoms with van der Waals surface area (Å²) in [5.74, 6) is 0.0110. The molecule has 0 aliphatic heterocycles. The number of carbonyl (C=O) groups is 1. The molecule has 148 valence electrons. The molecule has 0 unspecified atom stereocenters. The summed E-state index contributed by atoms with van der Waals surface area (Å²) in [4.78, 5) is 18.4. The van der Waals surface area contributed by atoms with E-state index in [1.54, 1.807) is 0 Å². The number of rotatable bonds is 4. The molecule has 4 aromatic rings. The van der Waals surface area contributed by atoms with E-state index in [0.717, 1.165) is 35.5 Å². The maximum absolute atomic E-state index is 13.4. The van der Waals surface area contributed by atoms with Gasteiger partial charge in [0.05, 0.1) is 22.6 Å². The molecule has 2 aromatic carbocycles. The van der Waals surface area contributed by atoms with Crippen LogP contribution in [0, 0.1) is 0 Å². The van der Waals surface area contributed by atoms with Crippen LogP contribution in [0.15, 0.2) is 78.9 Å². The van der Waals surface area contributed by atoms with E-state index in [1.165, 1.54) is 24.1 Å². The Bertz CT molecular complexity index is 1210. The summed E-state index contributed by atoms with van der Waals surface area (Å²) in [6.07, 6.45) is 4.64. The third-order valence-corrected chi connectivity index (χ3v) is 6.05. The monoisotopic (exact) mass is 392 g/mol. The van der Waals surface area contributed by atoms with Crippen molar-refractivity contribution in [3.05, 3.63) is 101 Å². The summed E-state index contributed by atoms with van der Waals surface area (Å²) in [5, 5.41) is 0. The average Bonchev–Trinajstić information content (AvgIpc) is 3.16. The summed E-state index contributed by atoms with van der Waals surface area (Å²) in [6.45, 7) is 0. The van der Waals surface area contributed by atoms with Crippen molar-refractivity contribution in [2.75, 3.05) is 0 Å². The lowest BCUT2D eigenvalue weighted by Gasteiger charge is -2.15. The lowest BCUT2D eigenvalue weighted by Crippen LogP contribution is -2.09. The fourth-order valence-electron chi connectivity index (χ4n) is 4.44. The molecule has 0 N–H and O–H groups in total. The van der Waals surface area contributed by atoms with Gasteiger partial charge in [-0.3, -0.25) is 4.79 Å². The highest BCUT2D eigenvalue weighted by Crippen LogP contribution is 2.33. The molecule has 0 atom stereocenters. The van der Waals surface area contributed by atoms with Gasteiger partial charge in [-0.15, -0.1) is 0 Å². The number of aromatic nitrogens is 2. The summed E-state index contributed by atoms with van der Waals surface area (Å²) >= 11 is 0. The maximum Gasteiger partial charge on any atom is 0.195 e. The molecule has 1 aliphatic carbocycles. The van der Waals surface area contributed by atoms with Crippen LogP contribution < -0.4 is 0 Å². The zero-order valence-electron chi connectivity index (χ0n) is 17.1. The highest BCUT2D eigenvalue weighted by Gasteiger charge is 2.23. The topological polar surface area (TPSA) is 34.9 Å². The number of benzene rings is 2. The van der Waals surface area contributed by atoms with Crippen LogP contribution in [-0.2, 0) is 19.9 Å². The fraction of sp³-hybridized carbons (Fsp3) is 0.185. The van der Waals surface area contributed by atoms with E-state index in [1.807, 2.05) is 60.7 Å². The van der Waals surface area contributed by atoms with E-state index in [9.17, 15) is 4.79 Å². The zero-order valence-corrected chi connectivity index (χ0v) is 17.1. The number of fused-ring (bicyclic) bond motifs is 1. The molecular formula is C27H24N2O. The van der Waals surface area contributed by atoms with E-state index in [0.29, 0.717) is 11.1 Å². The molecular weight excluding hydrogens is 368 g/mol. The Labute approximate surface area is 177 Å². The molecule has 0 spiro atoms. The van der Waals surface area contributed by atoms with Crippen LogP contribution in [0.3, 0.4) is 0 Å². The molecule has 30 heavy (non-hydrogen) atoms. The van der Waals surface area contributed by atoms with Crippen LogP contribution in [0.25, 0.3) is 22.6 Å². The van der Waals surface area contributed by atoms with Gasteiger partial charge in [-0.25, -0.2) is 4.98 Å². The van der Waals surface area contributed by atoms with Crippen LogP contribution in [0.4, 0.5) is 0 Å². The minimum absolute atomic E-state index is 0.0110. The molecule has 3 heteroatoms. The Kier molecular flexibility index (Phi) is 4.80. The average molecular weight is 393 g/mol. The van der Waals surface area contributed by atoms with Gasteiger partial charge in [-0.1, -0.05) is 60.7 Å². The summed E-state index contributed by atoms with van der Waals surface area (Å²) in [7, 11) is 2.10. The van der Waals surface area contributed by atoms with Crippen molar-refractivity contribution < 1.29 is 4.79 Å². The van der Waals surface area contributed by atoms with Crippen molar-refractivity contribution in [2.24, 2.45) is 7.05 Å². The van der Waals surface area contributed by atoms with Gasteiger partial charge < -0.3 is 4.57 Å². The minimum Gasteiger partial charge on any atom is -0.346 e. The van der Waals surface area contributed by atoms with Crippen molar-refractivity contribution in [3.8, 4) is 22.6 Å². The largest absolute Gasteiger partial charge is 0.346 e.